The SMILES string of the molecule is CC1(CBr)CCOCO1. The highest BCUT2D eigenvalue weighted by Gasteiger charge is 2.26. The van der Waals surface area contributed by atoms with Crippen LogP contribution in [-0.2, 0) is 9.47 Å². The van der Waals surface area contributed by atoms with Crippen molar-refractivity contribution in [2.24, 2.45) is 0 Å². The summed E-state index contributed by atoms with van der Waals surface area (Å²) in [5, 5.41) is 0.892. The molecule has 0 spiro atoms. The molecule has 1 rings (SSSR count). The molecule has 0 amide bonds. The maximum absolute atomic E-state index is 5.35. The van der Waals surface area contributed by atoms with Crippen LogP contribution in [0.15, 0.2) is 0 Å². The van der Waals surface area contributed by atoms with E-state index in [1.54, 1.807) is 0 Å². The van der Waals surface area contributed by atoms with Crippen LogP contribution in [0.25, 0.3) is 0 Å². The van der Waals surface area contributed by atoms with E-state index in [-0.39, 0.29) is 5.60 Å². The zero-order valence-corrected chi connectivity index (χ0v) is 7.11. The van der Waals surface area contributed by atoms with Crippen LogP contribution in [0.4, 0.5) is 0 Å². The Kier molecular flexibility index (Phi) is 2.50. The second-order valence-electron chi connectivity index (χ2n) is 2.50. The van der Waals surface area contributed by atoms with Gasteiger partial charge in [-0.25, -0.2) is 0 Å². The summed E-state index contributed by atoms with van der Waals surface area (Å²) in [6.07, 6.45) is 0.984. The molecule has 1 aliphatic heterocycles. The van der Waals surface area contributed by atoms with Crippen LogP contribution in [0.2, 0.25) is 0 Å². The van der Waals surface area contributed by atoms with Gasteiger partial charge in [0.2, 0.25) is 0 Å². The molecule has 3 heteroatoms. The average molecular weight is 195 g/mol. The van der Waals surface area contributed by atoms with E-state index in [1.807, 2.05) is 0 Å². The number of hydrogen-bond acceptors (Lipinski definition) is 2. The minimum absolute atomic E-state index is 0.0122. The molecule has 0 saturated carbocycles. The van der Waals surface area contributed by atoms with Gasteiger partial charge in [-0.05, 0) is 6.92 Å². The van der Waals surface area contributed by atoms with Gasteiger partial charge in [-0.15, -0.1) is 0 Å². The van der Waals surface area contributed by atoms with Crippen LogP contribution >= 0.6 is 15.9 Å². The molecule has 0 aliphatic carbocycles. The normalized spacial score (nSPS) is 36.7. The average Bonchev–Trinajstić information content (AvgIpc) is 1.90. The summed E-state index contributed by atoms with van der Waals surface area (Å²) < 4.78 is 10.4. The van der Waals surface area contributed by atoms with E-state index in [0.717, 1.165) is 18.4 Å². The summed E-state index contributed by atoms with van der Waals surface area (Å²) in [6.45, 7) is 3.36. The van der Waals surface area contributed by atoms with Gasteiger partial charge in [-0.2, -0.15) is 0 Å². The standard InChI is InChI=1S/C6H11BrO2/c1-6(4-7)2-3-8-5-9-6/h2-5H2,1H3. The fourth-order valence-electron chi connectivity index (χ4n) is 0.708. The Labute approximate surface area is 63.7 Å². The quantitative estimate of drug-likeness (QED) is 0.590. The highest BCUT2D eigenvalue weighted by atomic mass is 79.9. The van der Waals surface area contributed by atoms with Crippen molar-refractivity contribution < 1.29 is 9.47 Å². The third kappa shape index (κ3) is 1.92. The van der Waals surface area contributed by atoms with Crippen molar-refractivity contribution >= 4 is 15.9 Å². The first-order valence-corrected chi connectivity index (χ1v) is 4.17. The lowest BCUT2D eigenvalue weighted by Crippen LogP contribution is -2.37. The van der Waals surface area contributed by atoms with Gasteiger partial charge in [0.1, 0.15) is 6.79 Å². The van der Waals surface area contributed by atoms with E-state index in [2.05, 4.69) is 22.9 Å². The van der Waals surface area contributed by atoms with E-state index in [0.29, 0.717) is 6.79 Å². The molecule has 0 aromatic carbocycles. The molecule has 2 nitrogen and oxygen atoms in total. The third-order valence-corrected chi connectivity index (χ3v) is 2.73. The lowest BCUT2D eigenvalue weighted by molar-refractivity contribution is -0.175. The molecular formula is C6H11BrO2. The van der Waals surface area contributed by atoms with E-state index >= 15 is 0 Å². The van der Waals surface area contributed by atoms with Gasteiger partial charge in [0.15, 0.2) is 0 Å². The summed E-state index contributed by atoms with van der Waals surface area (Å²) >= 11 is 3.39. The molecule has 54 valence electrons. The molecule has 0 aromatic heterocycles. The second kappa shape index (κ2) is 2.99. The molecule has 9 heavy (non-hydrogen) atoms. The minimum Gasteiger partial charge on any atom is -0.355 e. The molecule has 0 bridgehead atoms. The van der Waals surface area contributed by atoms with E-state index in [1.165, 1.54) is 0 Å². The fraction of sp³-hybridized carbons (Fsp3) is 1.00. The van der Waals surface area contributed by atoms with Gasteiger partial charge in [0.25, 0.3) is 0 Å². The smallest absolute Gasteiger partial charge is 0.147 e. The summed E-state index contributed by atoms with van der Waals surface area (Å²) in [7, 11) is 0. The van der Waals surface area contributed by atoms with Gasteiger partial charge < -0.3 is 9.47 Å². The van der Waals surface area contributed by atoms with E-state index in [9.17, 15) is 0 Å². The molecular weight excluding hydrogens is 184 g/mol. The van der Waals surface area contributed by atoms with E-state index in [4.69, 9.17) is 9.47 Å². The lowest BCUT2D eigenvalue weighted by Gasteiger charge is -2.31. The summed E-state index contributed by atoms with van der Waals surface area (Å²) in [6, 6.07) is 0. The number of halogens is 1. The van der Waals surface area contributed by atoms with Gasteiger partial charge in [0, 0.05) is 11.8 Å². The number of rotatable bonds is 1. The molecule has 1 unspecified atom stereocenters. The zero-order chi connectivity index (χ0) is 6.74. The minimum atomic E-state index is 0.0122. The Morgan fingerprint density at radius 1 is 1.67 bits per heavy atom. The number of alkyl halides is 1. The summed E-state index contributed by atoms with van der Waals surface area (Å²) in [5.41, 5.74) is 0.0122. The first-order chi connectivity index (χ1) is 4.27. The molecule has 0 N–H and O–H groups in total. The molecule has 1 atom stereocenters. The highest BCUT2D eigenvalue weighted by Crippen LogP contribution is 2.21. The molecule has 0 radical (unpaired) electrons. The Bertz CT molecular complexity index is 89.1. The molecule has 1 heterocycles. The van der Waals surface area contributed by atoms with Crippen molar-refractivity contribution in [3.8, 4) is 0 Å². The van der Waals surface area contributed by atoms with Crippen LogP contribution in [-0.4, -0.2) is 24.3 Å². The van der Waals surface area contributed by atoms with E-state index < -0.39 is 0 Å². The van der Waals surface area contributed by atoms with Crippen molar-refractivity contribution in [2.75, 3.05) is 18.7 Å². The van der Waals surface area contributed by atoms with Crippen LogP contribution < -0.4 is 0 Å². The largest absolute Gasteiger partial charge is 0.355 e. The van der Waals surface area contributed by atoms with Crippen molar-refractivity contribution in [1.82, 2.24) is 0 Å². The van der Waals surface area contributed by atoms with Crippen molar-refractivity contribution in [3.63, 3.8) is 0 Å². The van der Waals surface area contributed by atoms with Gasteiger partial charge >= 0.3 is 0 Å². The summed E-state index contributed by atoms with van der Waals surface area (Å²) in [4.78, 5) is 0. The maximum Gasteiger partial charge on any atom is 0.147 e. The Balaban J connectivity index is 2.37. The predicted octanol–water partition coefficient (Wildman–Crippen LogP) is 1.53. The molecule has 1 fully saturated rings. The van der Waals surface area contributed by atoms with Crippen LogP contribution in [0.5, 0.6) is 0 Å². The van der Waals surface area contributed by atoms with Gasteiger partial charge in [-0.3, -0.25) is 0 Å². The Morgan fingerprint density at radius 2 is 2.44 bits per heavy atom. The van der Waals surface area contributed by atoms with Crippen LogP contribution in [0, 0.1) is 0 Å². The highest BCUT2D eigenvalue weighted by molar-refractivity contribution is 9.09. The van der Waals surface area contributed by atoms with Crippen LogP contribution in [0.3, 0.4) is 0 Å². The van der Waals surface area contributed by atoms with Crippen molar-refractivity contribution in [2.45, 2.75) is 18.9 Å². The van der Waals surface area contributed by atoms with Crippen molar-refractivity contribution in [3.05, 3.63) is 0 Å². The number of ether oxygens (including phenoxy) is 2. The van der Waals surface area contributed by atoms with Crippen LogP contribution in [0.1, 0.15) is 13.3 Å². The Morgan fingerprint density at radius 3 is 2.78 bits per heavy atom. The topological polar surface area (TPSA) is 18.5 Å². The van der Waals surface area contributed by atoms with Crippen molar-refractivity contribution in [1.29, 1.82) is 0 Å². The first-order valence-electron chi connectivity index (χ1n) is 3.04. The molecule has 1 aliphatic rings. The zero-order valence-electron chi connectivity index (χ0n) is 5.52. The van der Waals surface area contributed by atoms with Gasteiger partial charge in [-0.1, -0.05) is 15.9 Å². The fourth-order valence-corrected chi connectivity index (χ4v) is 1.15. The Hall–Kier alpha value is 0.400. The maximum atomic E-state index is 5.35. The lowest BCUT2D eigenvalue weighted by atomic mass is 10.1. The van der Waals surface area contributed by atoms with Gasteiger partial charge in [0.05, 0.1) is 12.2 Å². The molecule has 0 aromatic rings. The first kappa shape index (κ1) is 7.51. The summed E-state index contributed by atoms with van der Waals surface area (Å²) in [5.74, 6) is 0. The molecule has 1 saturated heterocycles. The predicted molar refractivity (Wildman–Crippen MR) is 38.7 cm³/mol. The number of hydrogen-bond donors (Lipinski definition) is 0. The monoisotopic (exact) mass is 194 g/mol. The second-order valence-corrected chi connectivity index (χ2v) is 3.06. The third-order valence-electron chi connectivity index (χ3n) is 1.55.